The van der Waals surface area contributed by atoms with Crippen LogP contribution in [0.2, 0.25) is 0 Å². The number of carbonyl (C=O) groups excluding carboxylic acids is 3. The molecule has 1 aliphatic rings. The van der Waals surface area contributed by atoms with Crippen molar-refractivity contribution in [2.24, 2.45) is 5.92 Å². The van der Waals surface area contributed by atoms with E-state index < -0.39 is 17.7 Å². The van der Waals surface area contributed by atoms with Crippen LogP contribution in [0.5, 0.6) is 5.75 Å². The van der Waals surface area contributed by atoms with Crippen molar-refractivity contribution in [1.29, 1.82) is 0 Å². The average Bonchev–Trinajstić information content (AvgIpc) is 3.30. The monoisotopic (exact) mass is 385 g/mol. The molecule has 28 heavy (non-hydrogen) atoms. The summed E-state index contributed by atoms with van der Waals surface area (Å²) in [7, 11) is 0. The maximum atomic E-state index is 12.4. The fourth-order valence-corrected chi connectivity index (χ4v) is 2.99. The van der Waals surface area contributed by atoms with E-state index in [-0.39, 0.29) is 25.0 Å². The molecule has 148 valence electrons. The van der Waals surface area contributed by atoms with Gasteiger partial charge in [-0.2, -0.15) is 0 Å². The van der Waals surface area contributed by atoms with Crippen molar-refractivity contribution < 1.29 is 23.5 Å². The minimum Gasteiger partial charge on any atom is -0.490 e. The molecule has 1 aliphatic heterocycles. The molecular weight excluding hydrogens is 362 g/mol. The third-order valence-corrected chi connectivity index (χ3v) is 4.31. The third-order valence-electron chi connectivity index (χ3n) is 4.31. The van der Waals surface area contributed by atoms with Crippen LogP contribution in [-0.2, 0) is 16.1 Å². The van der Waals surface area contributed by atoms with Gasteiger partial charge < -0.3 is 14.1 Å². The van der Waals surface area contributed by atoms with Gasteiger partial charge in [-0.05, 0) is 38.1 Å². The molecule has 1 atom stereocenters. The number of furan rings is 1. The molecule has 1 unspecified atom stereocenters. The Morgan fingerprint density at radius 2 is 2.00 bits per heavy atom. The number of hydrogen-bond acceptors (Lipinski definition) is 5. The first-order valence-electron chi connectivity index (χ1n) is 9.10. The summed E-state index contributed by atoms with van der Waals surface area (Å²) < 4.78 is 10.9. The van der Waals surface area contributed by atoms with E-state index in [1.165, 1.54) is 6.26 Å². The lowest BCUT2D eigenvalue weighted by molar-refractivity contribution is -0.129. The van der Waals surface area contributed by atoms with Gasteiger partial charge >= 0.3 is 0 Å². The Hall–Kier alpha value is -3.29. The summed E-state index contributed by atoms with van der Waals surface area (Å²) in [6.07, 6.45) is 1.54. The summed E-state index contributed by atoms with van der Waals surface area (Å²) in [5, 5.41) is 0. The first-order valence-corrected chi connectivity index (χ1v) is 9.10. The Bertz CT molecular complexity index is 847. The van der Waals surface area contributed by atoms with Crippen LogP contribution < -0.4 is 15.6 Å². The molecule has 2 aromatic rings. The van der Waals surface area contributed by atoms with Crippen LogP contribution in [0.25, 0.3) is 0 Å². The van der Waals surface area contributed by atoms with Crippen LogP contribution in [-0.4, -0.2) is 35.3 Å². The van der Waals surface area contributed by atoms with Crippen molar-refractivity contribution in [1.82, 2.24) is 15.8 Å². The predicted octanol–water partition coefficient (Wildman–Crippen LogP) is 1.88. The van der Waals surface area contributed by atoms with Crippen molar-refractivity contribution in [3.8, 4) is 5.75 Å². The van der Waals surface area contributed by atoms with Gasteiger partial charge in [-0.3, -0.25) is 25.2 Å². The van der Waals surface area contributed by atoms with E-state index in [4.69, 9.17) is 9.15 Å². The highest BCUT2D eigenvalue weighted by molar-refractivity contribution is 5.98. The first-order chi connectivity index (χ1) is 13.4. The van der Waals surface area contributed by atoms with E-state index in [1.54, 1.807) is 41.3 Å². The smallest absolute Gasteiger partial charge is 0.273 e. The quantitative estimate of drug-likeness (QED) is 0.740. The molecular formula is C20H23N3O5. The van der Waals surface area contributed by atoms with Crippen molar-refractivity contribution in [2.75, 3.05) is 6.54 Å². The maximum absolute atomic E-state index is 12.4. The molecule has 0 radical (unpaired) electrons. The van der Waals surface area contributed by atoms with Gasteiger partial charge in [0.15, 0.2) is 0 Å². The molecule has 0 aliphatic carbocycles. The Morgan fingerprint density at radius 3 is 2.71 bits per heavy atom. The standard InChI is InChI=1S/C20H23N3O5/c1-13(2)28-17-8-4-3-7-16(17)20(26)22-21-19(25)14-10-18(24)23(11-14)12-15-6-5-9-27-15/h3-9,13-14H,10-12H2,1-2H3,(H,21,25)(H,22,26). The van der Waals surface area contributed by atoms with Crippen LogP contribution >= 0.6 is 0 Å². The number of amides is 3. The second-order valence-electron chi connectivity index (χ2n) is 6.86. The lowest BCUT2D eigenvalue weighted by Gasteiger charge is -2.16. The molecule has 8 heteroatoms. The average molecular weight is 385 g/mol. The van der Waals surface area contributed by atoms with Gasteiger partial charge in [-0.25, -0.2) is 0 Å². The Kier molecular flexibility index (Phi) is 5.98. The zero-order valence-electron chi connectivity index (χ0n) is 15.8. The van der Waals surface area contributed by atoms with Gasteiger partial charge in [0.05, 0.1) is 30.4 Å². The van der Waals surface area contributed by atoms with Gasteiger partial charge in [-0.1, -0.05) is 12.1 Å². The molecule has 3 rings (SSSR count). The Morgan fingerprint density at radius 1 is 1.21 bits per heavy atom. The molecule has 1 aromatic heterocycles. The van der Waals surface area contributed by atoms with E-state index in [2.05, 4.69) is 10.9 Å². The van der Waals surface area contributed by atoms with Gasteiger partial charge in [0, 0.05) is 13.0 Å². The number of hydrogen-bond donors (Lipinski definition) is 2. The maximum Gasteiger partial charge on any atom is 0.273 e. The number of rotatable bonds is 6. The molecule has 2 heterocycles. The number of ether oxygens (including phenoxy) is 1. The summed E-state index contributed by atoms with van der Waals surface area (Å²) in [5.74, 6) is -0.467. The molecule has 1 fully saturated rings. The predicted molar refractivity (Wildman–Crippen MR) is 100 cm³/mol. The summed E-state index contributed by atoms with van der Waals surface area (Å²) >= 11 is 0. The number of para-hydroxylation sites is 1. The van der Waals surface area contributed by atoms with Gasteiger partial charge in [0.1, 0.15) is 11.5 Å². The van der Waals surface area contributed by atoms with Crippen molar-refractivity contribution in [3.05, 3.63) is 54.0 Å². The molecule has 3 amide bonds. The van der Waals surface area contributed by atoms with Crippen LogP contribution in [0.1, 0.15) is 36.4 Å². The second-order valence-corrected chi connectivity index (χ2v) is 6.86. The topological polar surface area (TPSA) is 101 Å². The fraction of sp³-hybridized carbons (Fsp3) is 0.350. The number of nitrogens with one attached hydrogen (secondary N) is 2. The van der Waals surface area contributed by atoms with Crippen LogP contribution in [0.15, 0.2) is 47.1 Å². The lowest BCUT2D eigenvalue weighted by atomic mass is 10.1. The van der Waals surface area contributed by atoms with Gasteiger partial charge in [0.2, 0.25) is 11.8 Å². The fourth-order valence-electron chi connectivity index (χ4n) is 2.99. The second kappa shape index (κ2) is 8.60. The van der Waals surface area contributed by atoms with Crippen molar-refractivity contribution in [2.45, 2.75) is 32.9 Å². The van der Waals surface area contributed by atoms with E-state index in [0.29, 0.717) is 23.6 Å². The molecule has 1 aromatic carbocycles. The Balaban J connectivity index is 1.54. The summed E-state index contributed by atoms with van der Waals surface area (Å²) in [6.45, 7) is 4.32. The van der Waals surface area contributed by atoms with E-state index in [9.17, 15) is 14.4 Å². The molecule has 0 saturated carbocycles. The van der Waals surface area contributed by atoms with Crippen molar-refractivity contribution in [3.63, 3.8) is 0 Å². The number of nitrogens with zero attached hydrogens (tertiary/aromatic N) is 1. The lowest BCUT2D eigenvalue weighted by Crippen LogP contribution is -2.45. The zero-order valence-corrected chi connectivity index (χ0v) is 15.8. The Labute approximate surface area is 162 Å². The highest BCUT2D eigenvalue weighted by atomic mass is 16.5. The largest absolute Gasteiger partial charge is 0.490 e. The minimum atomic E-state index is -0.537. The molecule has 1 saturated heterocycles. The normalized spacial score (nSPS) is 16.3. The zero-order chi connectivity index (χ0) is 20.1. The van der Waals surface area contributed by atoms with Crippen LogP contribution in [0.3, 0.4) is 0 Å². The number of likely N-dealkylation sites (tertiary alicyclic amines) is 1. The van der Waals surface area contributed by atoms with Crippen LogP contribution in [0.4, 0.5) is 0 Å². The highest BCUT2D eigenvalue weighted by Crippen LogP contribution is 2.21. The summed E-state index contributed by atoms with van der Waals surface area (Å²) in [6, 6.07) is 10.3. The SMILES string of the molecule is CC(C)Oc1ccccc1C(=O)NNC(=O)C1CC(=O)N(Cc2ccco2)C1. The number of benzene rings is 1. The van der Waals surface area contributed by atoms with Gasteiger partial charge in [-0.15, -0.1) is 0 Å². The highest BCUT2D eigenvalue weighted by Gasteiger charge is 2.34. The molecule has 0 bridgehead atoms. The van der Waals surface area contributed by atoms with E-state index >= 15 is 0 Å². The number of carbonyl (C=O) groups is 3. The van der Waals surface area contributed by atoms with E-state index in [0.717, 1.165) is 0 Å². The molecule has 8 nitrogen and oxygen atoms in total. The first kappa shape index (κ1) is 19.5. The van der Waals surface area contributed by atoms with Gasteiger partial charge in [0.25, 0.3) is 5.91 Å². The van der Waals surface area contributed by atoms with E-state index in [1.807, 2.05) is 13.8 Å². The minimum absolute atomic E-state index is 0.0896. The van der Waals surface area contributed by atoms with Crippen LogP contribution in [0, 0.1) is 5.92 Å². The summed E-state index contributed by atoms with van der Waals surface area (Å²) in [4.78, 5) is 38.5. The molecule has 2 N–H and O–H groups in total. The third kappa shape index (κ3) is 4.70. The van der Waals surface area contributed by atoms with Crippen molar-refractivity contribution >= 4 is 17.7 Å². The molecule has 0 spiro atoms. The summed E-state index contributed by atoms with van der Waals surface area (Å²) in [5.41, 5.74) is 5.12. The number of hydrazine groups is 1.